The van der Waals surface area contributed by atoms with Crippen molar-refractivity contribution in [2.45, 2.75) is 18.9 Å². The number of carbonyl (C=O) groups excluding carboxylic acids is 1. The maximum absolute atomic E-state index is 10.5. The first-order valence-electron chi connectivity index (χ1n) is 5.17. The largest absolute Gasteiger partial charge is 0.550 e. The number of rotatable bonds is 8. The van der Waals surface area contributed by atoms with Crippen molar-refractivity contribution >= 4 is 5.97 Å². The second-order valence-electron chi connectivity index (χ2n) is 4.68. The van der Waals surface area contributed by atoms with Crippen molar-refractivity contribution in [3.05, 3.63) is 0 Å². The third-order valence-corrected chi connectivity index (χ3v) is 1.85. The van der Waals surface area contributed by atoms with Gasteiger partial charge in [0.2, 0.25) is 0 Å². The Morgan fingerprint density at radius 1 is 1.47 bits per heavy atom. The molecule has 2 N–H and O–H groups in total. The van der Waals surface area contributed by atoms with Crippen molar-refractivity contribution in [3.63, 3.8) is 0 Å². The molecule has 0 rings (SSSR count). The van der Waals surface area contributed by atoms with E-state index in [0.717, 1.165) is 6.42 Å². The quantitative estimate of drug-likeness (QED) is 0.400. The Morgan fingerprint density at radius 3 is 2.47 bits per heavy atom. The molecule has 0 amide bonds. The molecule has 0 saturated heterocycles. The fourth-order valence-corrected chi connectivity index (χ4v) is 1.31. The number of carboxylic acids is 1. The number of aliphatic carboxylic acids is 1. The zero-order valence-electron chi connectivity index (χ0n) is 9.86. The van der Waals surface area contributed by atoms with Crippen LogP contribution in [-0.2, 0) is 9.53 Å². The van der Waals surface area contributed by atoms with E-state index in [1.165, 1.54) is 0 Å². The average molecular weight is 218 g/mol. The van der Waals surface area contributed by atoms with Crippen LogP contribution in [0.4, 0.5) is 0 Å². The van der Waals surface area contributed by atoms with Crippen molar-refractivity contribution in [2.75, 3.05) is 40.8 Å². The van der Waals surface area contributed by atoms with E-state index in [9.17, 15) is 9.90 Å². The lowest BCUT2D eigenvalue weighted by atomic mass is 10.2. The second-order valence-corrected chi connectivity index (χ2v) is 4.68. The van der Waals surface area contributed by atoms with Gasteiger partial charge in [-0.15, -0.1) is 0 Å². The predicted molar refractivity (Wildman–Crippen MR) is 55.9 cm³/mol. The molecule has 0 bridgehead atoms. The fourth-order valence-electron chi connectivity index (χ4n) is 1.31. The van der Waals surface area contributed by atoms with Crippen LogP contribution in [0.3, 0.4) is 0 Å². The minimum Gasteiger partial charge on any atom is -0.550 e. The Balaban J connectivity index is 4.01. The van der Waals surface area contributed by atoms with Gasteiger partial charge in [-0.2, -0.15) is 0 Å². The summed E-state index contributed by atoms with van der Waals surface area (Å²) >= 11 is 0. The Bertz CT molecular complexity index is 190. The Hall–Kier alpha value is -0.650. The van der Waals surface area contributed by atoms with E-state index in [0.29, 0.717) is 24.2 Å². The molecule has 0 radical (unpaired) electrons. The summed E-state index contributed by atoms with van der Waals surface area (Å²) in [6, 6.07) is 0. The summed E-state index contributed by atoms with van der Waals surface area (Å²) in [6.07, 6.45) is 0.405. The smallest absolute Gasteiger partial charge is 0.112 e. The molecular formula is C10H22N2O3. The zero-order valence-corrected chi connectivity index (χ0v) is 9.86. The molecule has 0 heterocycles. The van der Waals surface area contributed by atoms with E-state index in [1.54, 1.807) is 0 Å². The van der Waals surface area contributed by atoms with Crippen molar-refractivity contribution in [3.8, 4) is 0 Å². The van der Waals surface area contributed by atoms with Crippen LogP contribution >= 0.6 is 0 Å². The molecule has 0 aromatic rings. The molecule has 1 unspecified atom stereocenters. The average Bonchev–Trinajstić information content (AvgIpc) is 2.00. The van der Waals surface area contributed by atoms with Crippen LogP contribution in [0.1, 0.15) is 12.8 Å². The predicted octanol–water partition coefficient (Wildman–Crippen LogP) is -1.43. The Kier molecular flexibility index (Phi) is 6.47. The van der Waals surface area contributed by atoms with Gasteiger partial charge < -0.3 is 24.9 Å². The first-order valence-corrected chi connectivity index (χ1v) is 5.17. The van der Waals surface area contributed by atoms with Crippen LogP contribution < -0.4 is 10.8 Å². The molecule has 5 heteroatoms. The lowest BCUT2D eigenvalue weighted by Crippen LogP contribution is -2.44. The second kappa shape index (κ2) is 6.76. The van der Waals surface area contributed by atoms with E-state index in [2.05, 4.69) is 0 Å². The summed E-state index contributed by atoms with van der Waals surface area (Å²) in [7, 11) is 5.98. The summed E-state index contributed by atoms with van der Waals surface area (Å²) in [6.45, 7) is 1.72. The van der Waals surface area contributed by atoms with Gasteiger partial charge >= 0.3 is 0 Å². The number of nitrogens with two attached hydrogens (primary N) is 1. The maximum atomic E-state index is 10.5. The molecule has 0 saturated carbocycles. The highest BCUT2D eigenvalue weighted by atomic mass is 16.5. The molecule has 0 aliphatic carbocycles. The van der Waals surface area contributed by atoms with Gasteiger partial charge in [-0.05, 0) is 13.0 Å². The number of hydrogen-bond acceptors (Lipinski definition) is 4. The van der Waals surface area contributed by atoms with E-state index in [1.807, 2.05) is 21.1 Å². The topological polar surface area (TPSA) is 75.4 Å². The van der Waals surface area contributed by atoms with Crippen LogP contribution in [0.2, 0.25) is 0 Å². The monoisotopic (exact) mass is 218 g/mol. The molecule has 5 nitrogen and oxygen atoms in total. The minimum absolute atomic E-state index is 0.0555. The number of carbonyl (C=O) groups is 1. The minimum atomic E-state index is -1.07. The van der Waals surface area contributed by atoms with Crippen LogP contribution in [-0.4, -0.2) is 57.4 Å². The molecule has 0 aliphatic rings. The number of nitrogens with zero attached hydrogens (tertiary/aromatic N) is 1. The van der Waals surface area contributed by atoms with E-state index < -0.39 is 5.97 Å². The fraction of sp³-hybridized carbons (Fsp3) is 0.900. The van der Waals surface area contributed by atoms with Gasteiger partial charge in [0.25, 0.3) is 0 Å². The van der Waals surface area contributed by atoms with Gasteiger partial charge in [-0.25, -0.2) is 0 Å². The molecule has 1 atom stereocenters. The maximum Gasteiger partial charge on any atom is 0.112 e. The van der Waals surface area contributed by atoms with Gasteiger partial charge in [0.05, 0.1) is 21.1 Å². The van der Waals surface area contributed by atoms with Crippen molar-refractivity contribution in [1.29, 1.82) is 0 Å². The number of hydrogen-bond donors (Lipinski definition) is 1. The summed E-state index contributed by atoms with van der Waals surface area (Å²) in [4.78, 5) is 10.5. The molecule has 15 heavy (non-hydrogen) atoms. The van der Waals surface area contributed by atoms with Crippen molar-refractivity contribution in [2.24, 2.45) is 5.73 Å². The first kappa shape index (κ1) is 14.3. The van der Waals surface area contributed by atoms with Gasteiger partial charge in [0.15, 0.2) is 0 Å². The molecule has 90 valence electrons. The Labute approximate surface area is 91.4 Å². The van der Waals surface area contributed by atoms with Crippen LogP contribution in [0, 0.1) is 0 Å². The molecular weight excluding hydrogens is 196 g/mol. The normalized spacial score (nSPS) is 13.9. The van der Waals surface area contributed by atoms with Gasteiger partial charge in [0.1, 0.15) is 12.6 Å². The number of ether oxygens (including phenoxy) is 1. The highest BCUT2D eigenvalue weighted by molar-refractivity contribution is 5.64. The number of carboxylic acid groups (broad SMARTS) is 1. The van der Waals surface area contributed by atoms with Crippen molar-refractivity contribution < 1.29 is 19.1 Å². The standard InChI is InChI=1S/C10H22N2O3/c1-12(2,3)8-9(7-10(13)14)15-6-4-5-11/h9H,4-8,11H2,1-3H3. The highest BCUT2D eigenvalue weighted by Crippen LogP contribution is 2.04. The lowest BCUT2D eigenvalue weighted by molar-refractivity contribution is -0.873. The van der Waals surface area contributed by atoms with Gasteiger partial charge in [0, 0.05) is 19.0 Å². The van der Waals surface area contributed by atoms with E-state index in [-0.39, 0.29) is 12.5 Å². The molecule has 0 aromatic carbocycles. The molecule has 0 aromatic heterocycles. The zero-order chi connectivity index (χ0) is 11.9. The summed E-state index contributed by atoms with van der Waals surface area (Å²) < 4.78 is 6.12. The van der Waals surface area contributed by atoms with Gasteiger partial charge in [-0.3, -0.25) is 0 Å². The number of quaternary nitrogens is 1. The van der Waals surface area contributed by atoms with Crippen LogP contribution in [0.25, 0.3) is 0 Å². The number of likely N-dealkylation sites (N-methyl/N-ethyl adjacent to an activating group) is 1. The highest BCUT2D eigenvalue weighted by Gasteiger charge is 2.18. The molecule has 0 spiro atoms. The van der Waals surface area contributed by atoms with Crippen molar-refractivity contribution in [1.82, 2.24) is 0 Å². The van der Waals surface area contributed by atoms with E-state index >= 15 is 0 Å². The molecule has 0 fully saturated rings. The van der Waals surface area contributed by atoms with Crippen LogP contribution in [0.5, 0.6) is 0 Å². The summed E-state index contributed by atoms with van der Waals surface area (Å²) in [5.74, 6) is -1.07. The van der Waals surface area contributed by atoms with Gasteiger partial charge in [-0.1, -0.05) is 0 Å². The third-order valence-electron chi connectivity index (χ3n) is 1.85. The third kappa shape index (κ3) is 9.65. The summed E-state index contributed by atoms with van der Waals surface area (Å²) in [5.41, 5.74) is 5.33. The Morgan fingerprint density at radius 2 is 2.07 bits per heavy atom. The molecule has 0 aliphatic heterocycles. The summed E-state index contributed by atoms with van der Waals surface area (Å²) in [5, 5.41) is 10.5. The van der Waals surface area contributed by atoms with E-state index in [4.69, 9.17) is 10.5 Å². The SMILES string of the molecule is C[N+](C)(C)CC(CC(=O)[O-])OCCCN. The first-order chi connectivity index (χ1) is 6.85. The lowest BCUT2D eigenvalue weighted by Gasteiger charge is -2.29. The van der Waals surface area contributed by atoms with Crippen LogP contribution in [0.15, 0.2) is 0 Å².